The molecule has 3 rings (SSSR count). The molecule has 2 aromatic heterocycles. The first kappa shape index (κ1) is 22.6. The molecule has 3 aromatic rings. The molecule has 0 aliphatic rings. The largest absolute Gasteiger partial charge is 0.455 e. The van der Waals surface area contributed by atoms with Gasteiger partial charge in [-0.25, -0.2) is 4.98 Å². The van der Waals surface area contributed by atoms with Crippen LogP contribution in [0.15, 0.2) is 35.0 Å². The monoisotopic (exact) mass is 457 g/mol. The molecule has 162 valence electrons. The molecule has 31 heavy (non-hydrogen) atoms. The van der Waals surface area contributed by atoms with E-state index in [2.05, 4.69) is 15.6 Å². The Morgan fingerprint density at radius 1 is 1.06 bits per heavy atom. The number of benzene rings is 1. The number of anilines is 1. The van der Waals surface area contributed by atoms with Gasteiger partial charge in [0.2, 0.25) is 5.91 Å². The summed E-state index contributed by atoms with van der Waals surface area (Å²) in [5.74, 6) is -1.44. The fourth-order valence-corrected chi connectivity index (χ4v) is 4.67. The number of nitrogens with zero attached hydrogens (tertiary/aromatic N) is 1. The smallest absolute Gasteiger partial charge is 0.312 e. The Morgan fingerprint density at radius 2 is 1.81 bits per heavy atom. The number of thiophene rings is 1. The van der Waals surface area contributed by atoms with Crippen LogP contribution in [-0.2, 0) is 25.5 Å². The second-order valence-electron chi connectivity index (χ2n) is 7.06. The zero-order valence-corrected chi connectivity index (χ0v) is 19.1. The van der Waals surface area contributed by atoms with Crippen LogP contribution in [0.4, 0.5) is 5.69 Å². The van der Waals surface area contributed by atoms with Gasteiger partial charge in [0, 0.05) is 11.1 Å². The van der Waals surface area contributed by atoms with Gasteiger partial charge in [-0.15, -0.1) is 22.7 Å². The van der Waals surface area contributed by atoms with Gasteiger partial charge in [-0.05, 0) is 43.3 Å². The Labute approximate surface area is 188 Å². The van der Waals surface area contributed by atoms with E-state index in [9.17, 15) is 14.4 Å². The Morgan fingerprint density at radius 3 is 2.48 bits per heavy atom. The van der Waals surface area contributed by atoms with Crippen LogP contribution in [0.5, 0.6) is 0 Å². The van der Waals surface area contributed by atoms with Crippen molar-refractivity contribution in [2.24, 2.45) is 0 Å². The first-order valence-corrected chi connectivity index (χ1v) is 11.4. The van der Waals surface area contributed by atoms with E-state index in [0.29, 0.717) is 5.69 Å². The van der Waals surface area contributed by atoms with Crippen molar-refractivity contribution in [3.63, 3.8) is 0 Å². The Bertz CT molecular complexity index is 1070. The lowest BCUT2D eigenvalue weighted by Gasteiger charge is -2.13. The topological polar surface area (TPSA) is 97.4 Å². The Kier molecular flexibility index (Phi) is 7.54. The van der Waals surface area contributed by atoms with E-state index in [1.165, 1.54) is 11.3 Å². The molecule has 0 saturated heterocycles. The number of esters is 1. The summed E-state index contributed by atoms with van der Waals surface area (Å²) in [5.41, 5.74) is 4.36. The molecule has 2 heterocycles. The molecule has 0 aliphatic heterocycles. The van der Waals surface area contributed by atoms with Crippen molar-refractivity contribution in [3.05, 3.63) is 57.4 Å². The van der Waals surface area contributed by atoms with Crippen LogP contribution < -0.4 is 10.6 Å². The van der Waals surface area contributed by atoms with Crippen molar-refractivity contribution >= 4 is 46.1 Å². The third-order valence-electron chi connectivity index (χ3n) is 4.36. The minimum absolute atomic E-state index is 0.0123. The van der Waals surface area contributed by atoms with E-state index in [0.717, 1.165) is 32.3 Å². The number of carbonyl (C=O) groups is 3. The predicted octanol–water partition coefficient (Wildman–Crippen LogP) is 3.64. The fourth-order valence-electron chi connectivity index (χ4n) is 3.04. The fraction of sp³-hybridized carbons (Fsp3) is 0.273. The second kappa shape index (κ2) is 10.3. The van der Waals surface area contributed by atoms with Crippen LogP contribution in [0.25, 0.3) is 9.88 Å². The summed E-state index contributed by atoms with van der Waals surface area (Å²) in [4.78, 5) is 41.5. The Balaban J connectivity index is 1.40. The van der Waals surface area contributed by atoms with Gasteiger partial charge in [-0.2, -0.15) is 0 Å². The second-order valence-corrected chi connectivity index (χ2v) is 8.86. The molecule has 0 radical (unpaired) electrons. The minimum atomic E-state index is -0.548. The Hall–Kier alpha value is -3.04. The van der Waals surface area contributed by atoms with Gasteiger partial charge in [-0.1, -0.05) is 23.8 Å². The van der Waals surface area contributed by atoms with Gasteiger partial charge in [-0.3, -0.25) is 14.4 Å². The number of nitrogens with one attached hydrogen (secondary N) is 2. The third kappa shape index (κ3) is 6.47. The van der Waals surface area contributed by atoms with Crippen LogP contribution in [0.2, 0.25) is 0 Å². The van der Waals surface area contributed by atoms with E-state index < -0.39 is 18.5 Å². The highest BCUT2D eigenvalue weighted by molar-refractivity contribution is 7.20. The molecule has 2 N–H and O–H groups in total. The van der Waals surface area contributed by atoms with E-state index in [1.54, 1.807) is 16.7 Å². The minimum Gasteiger partial charge on any atom is -0.455 e. The molecular weight excluding hydrogens is 434 g/mol. The first-order valence-electron chi connectivity index (χ1n) is 9.60. The number of hydrogen-bond acceptors (Lipinski definition) is 7. The number of thiazole rings is 1. The van der Waals surface area contributed by atoms with Crippen LogP contribution in [0, 0.1) is 20.8 Å². The van der Waals surface area contributed by atoms with E-state index in [1.807, 2.05) is 50.4 Å². The van der Waals surface area contributed by atoms with Crippen molar-refractivity contribution in [2.75, 3.05) is 18.5 Å². The average Bonchev–Trinajstić information content (AvgIpc) is 3.39. The van der Waals surface area contributed by atoms with Gasteiger partial charge < -0.3 is 15.4 Å². The zero-order valence-electron chi connectivity index (χ0n) is 17.5. The van der Waals surface area contributed by atoms with Gasteiger partial charge in [0.1, 0.15) is 5.01 Å². The molecule has 1 aromatic carbocycles. The first-order chi connectivity index (χ1) is 14.8. The zero-order chi connectivity index (χ0) is 22.4. The van der Waals surface area contributed by atoms with Crippen LogP contribution in [-0.4, -0.2) is 35.9 Å². The number of aromatic nitrogens is 1. The number of aryl methyl sites for hydroxylation is 3. The molecule has 9 heteroatoms. The maximum Gasteiger partial charge on any atom is 0.312 e. The lowest BCUT2D eigenvalue weighted by molar-refractivity contribution is -0.147. The highest BCUT2D eigenvalue weighted by Gasteiger charge is 2.14. The van der Waals surface area contributed by atoms with Crippen molar-refractivity contribution in [1.82, 2.24) is 10.3 Å². The summed E-state index contributed by atoms with van der Waals surface area (Å²) in [7, 11) is 0. The highest BCUT2D eigenvalue weighted by Crippen LogP contribution is 2.28. The van der Waals surface area contributed by atoms with Gasteiger partial charge >= 0.3 is 5.97 Å². The summed E-state index contributed by atoms with van der Waals surface area (Å²) >= 11 is 3.03. The average molecular weight is 458 g/mol. The molecule has 0 spiro atoms. The number of ether oxygens (including phenoxy) is 1. The van der Waals surface area contributed by atoms with Gasteiger partial charge in [0.25, 0.3) is 5.91 Å². The van der Waals surface area contributed by atoms with Crippen molar-refractivity contribution < 1.29 is 19.1 Å². The molecule has 0 bridgehead atoms. The van der Waals surface area contributed by atoms with Crippen LogP contribution in [0.3, 0.4) is 0 Å². The summed E-state index contributed by atoms with van der Waals surface area (Å²) in [6, 6.07) is 7.86. The van der Waals surface area contributed by atoms with E-state index in [4.69, 9.17) is 4.74 Å². The summed E-state index contributed by atoms with van der Waals surface area (Å²) in [5, 5.41) is 9.87. The summed E-state index contributed by atoms with van der Waals surface area (Å²) in [6.07, 6.45) is -0.0123. The molecule has 2 amide bonds. The predicted molar refractivity (Wildman–Crippen MR) is 122 cm³/mol. The molecular formula is C22H23N3O4S2. The number of carbonyl (C=O) groups excluding carboxylic acids is 3. The molecule has 0 saturated carbocycles. The quantitative estimate of drug-likeness (QED) is 0.504. The highest BCUT2D eigenvalue weighted by atomic mass is 32.1. The third-order valence-corrected chi connectivity index (χ3v) is 6.29. The van der Waals surface area contributed by atoms with Crippen LogP contribution in [0.1, 0.15) is 22.4 Å². The molecule has 7 nitrogen and oxygen atoms in total. The van der Waals surface area contributed by atoms with Gasteiger partial charge in [0.05, 0.1) is 23.5 Å². The number of rotatable bonds is 8. The van der Waals surface area contributed by atoms with Crippen molar-refractivity contribution in [3.8, 4) is 9.88 Å². The van der Waals surface area contributed by atoms with Crippen molar-refractivity contribution in [1.29, 1.82) is 0 Å². The molecule has 0 unspecified atom stereocenters. The summed E-state index contributed by atoms with van der Waals surface area (Å²) < 4.78 is 4.99. The number of amides is 2. The lowest BCUT2D eigenvalue weighted by Crippen LogP contribution is -2.36. The van der Waals surface area contributed by atoms with Gasteiger partial charge in [0.15, 0.2) is 6.61 Å². The summed E-state index contributed by atoms with van der Waals surface area (Å²) in [6.45, 7) is 5.17. The number of hydrogen-bond donors (Lipinski definition) is 2. The molecule has 0 atom stereocenters. The SMILES string of the molecule is Cc1cc(C)c(NC(=O)CNC(=O)COC(=O)Cc2csc(-c3cccs3)n2)c(C)c1. The molecule has 0 fully saturated rings. The van der Waals surface area contributed by atoms with Crippen LogP contribution >= 0.6 is 22.7 Å². The van der Waals surface area contributed by atoms with E-state index >= 15 is 0 Å². The van der Waals surface area contributed by atoms with E-state index in [-0.39, 0.29) is 18.9 Å². The standard InChI is InChI=1S/C22H23N3O4S2/c1-13-7-14(2)21(15(3)8-13)25-18(26)10-23-19(27)11-29-20(28)9-16-12-31-22(24-16)17-5-4-6-30-17/h4-8,12H,9-11H2,1-3H3,(H,23,27)(H,25,26). The maximum atomic E-state index is 12.1. The molecule has 0 aliphatic carbocycles. The lowest BCUT2D eigenvalue weighted by atomic mass is 10.1. The normalized spacial score (nSPS) is 10.5. The van der Waals surface area contributed by atoms with Crippen molar-refractivity contribution in [2.45, 2.75) is 27.2 Å². The maximum absolute atomic E-state index is 12.1.